The molecule has 3 rings (SSSR count). The third kappa shape index (κ3) is 5.96. The highest BCUT2D eigenvalue weighted by molar-refractivity contribution is 5.27. The first-order valence-electron chi connectivity index (χ1n) is 9.69. The summed E-state index contributed by atoms with van der Waals surface area (Å²) >= 11 is 0. The van der Waals surface area contributed by atoms with Crippen molar-refractivity contribution < 1.29 is 9.84 Å². The Bertz CT molecular complexity index is 510. The molecule has 1 atom stereocenters. The van der Waals surface area contributed by atoms with Gasteiger partial charge in [0.15, 0.2) is 0 Å². The third-order valence-corrected chi connectivity index (χ3v) is 5.29. The zero-order valence-corrected chi connectivity index (χ0v) is 15.7. The number of piperazine rings is 1. The van der Waals surface area contributed by atoms with Gasteiger partial charge in [-0.25, -0.2) is 0 Å². The van der Waals surface area contributed by atoms with E-state index in [-0.39, 0.29) is 0 Å². The van der Waals surface area contributed by atoms with Crippen molar-refractivity contribution in [3.63, 3.8) is 0 Å². The predicted octanol–water partition coefficient (Wildman–Crippen LogP) is 1.66. The van der Waals surface area contributed by atoms with Crippen molar-refractivity contribution in [2.75, 3.05) is 52.9 Å². The molecule has 5 heteroatoms. The van der Waals surface area contributed by atoms with Crippen LogP contribution in [0.2, 0.25) is 0 Å². The molecule has 1 aliphatic heterocycles. The van der Waals surface area contributed by atoms with Crippen molar-refractivity contribution in [2.24, 2.45) is 0 Å². The van der Waals surface area contributed by atoms with E-state index in [1.165, 1.54) is 18.4 Å². The van der Waals surface area contributed by atoms with E-state index in [1.807, 2.05) is 12.1 Å². The molecule has 1 aromatic carbocycles. The van der Waals surface area contributed by atoms with Crippen LogP contribution in [0.15, 0.2) is 24.3 Å². The molecule has 0 radical (unpaired) electrons. The fourth-order valence-corrected chi connectivity index (χ4v) is 3.44. The Morgan fingerprint density at radius 3 is 2.44 bits per heavy atom. The van der Waals surface area contributed by atoms with Gasteiger partial charge in [0.2, 0.25) is 0 Å². The Labute approximate surface area is 152 Å². The smallest absolute Gasteiger partial charge is 0.119 e. The summed E-state index contributed by atoms with van der Waals surface area (Å²) in [5, 5.41) is 10.2. The fourth-order valence-electron chi connectivity index (χ4n) is 3.44. The van der Waals surface area contributed by atoms with E-state index >= 15 is 0 Å². The highest BCUT2D eigenvalue weighted by Crippen LogP contribution is 2.28. The molecule has 1 saturated heterocycles. The lowest BCUT2D eigenvalue weighted by atomic mass is 10.2. The van der Waals surface area contributed by atoms with E-state index in [4.69, 9.17) is 4.74 Å². The lowest BCUT2D eigenvalue weighted by Gasteiger charge is -2.33. The van der Waals surface area contributed by atoms with Gasteiger partial charge in [0.1, 0.15) is 18.5 Å². The van der Waals surface area contributed by atoms with Crippen molar-refractivity contribution in [2.45, 2.75) is 38.5 Å². The Kier molecular flexibility index (Phi) is 6.70. The Morgan fingerprint density at radius 1 is 1.16 bits per heavy atom. The molecule has 1 saturated carbocycles. The van der Waals surface area contributed by atoms with Gasteiger partial charge in [-0.15, -0.1) is 0 Å². The van der Waals surface area contributed by atoms with Crippen LogP contribution in [-0.2, 0) is 6.54 Å². The minimum atomic E-state index is -0.437. The maximum atomic E-state index is 10.2. The monoisotopic (exact) mass is 347 g/mol. The van der Waals surface area contributed by atoms with Gasteiger partial charge in [0, 0.05) is 45.3 Å². The molecular weight excluding hydrogens is 314 g/mol. The summed E-state index contributed by atoms with van der Waals surface area (Å²) in [6.07, 6.45) is 2.26. The number of β-amino-alcohol motifs (C(OH)–C–C–N with tert-alkyl or cyclic N) is 1. The van der Waals surface area contributed by atoms with Gasteiger partial charge in [0.25, 0.3) is 0 Å². The molecule has 2 fully saturated rings. The summed E-state index contributed by atoms with van der Waals surface area (Å²) in [6, 6.07) is 9.14. The Morgan fingerprint density at radius 2 is 1.84 bits per heavy atom. The summed E-state index contributed by atoms with van der Waals surface area (Å²) in [7, 11) is 2.14. The lowest BCUT2D eigenvalue weighted by Crippen LogP contribution is -2.47. The standard InChI is InChI=1S/C20H33N3O2/c1-3-23(18-6-7-18)14-17-4-8-20(9-5-17)25-16-19(24)15-22-12-10-21(2)11-13-22/h4-5,8-9,18-19,24H,3,6-7,10-16H2,1-2H3/t19-/m0/s1. The van der Waals surface area contributed by atoms with Gasteiger partial charge in [-0.05, 0) is 44.1 Å². The molecule has 1 N–H and O–H groups in total. The van der Waals surface area contributed by atoms with E-state index in [9.17, 15) is 5.11 Å². The number of aliphatic hydroxyl groups excluding tert-OH is 1. The second-order valence-electron chi connectivity index (χ2n) is 7.51. The fraction of sp³-hybridized carbons (Fsp3) is 0.700. The van der Waals surface area contributed by atoms with Crippen molar-refractivity contribution in [1.29, 1.82) is 0 Å². The molecule has 1 aliphatic carbocycles. The molecule has 0 bridgehead atoms. The zero-order chi connectivity index (χ0) is 17.6. The van der Waals surface area contributed by atoms with Crippen LogP contribution in [0.4, 0.5) is 0 Å². The Balaban J connectivity index is 1.39. The van der Waals surface area contributed by atoms with Crippen LogP contribution in [0.1, 0.15) is 25.3 Å². The second kappa shape index (κ2) is 8.99. The van der Waals surface area contributed by atoms with Gasteiger partial charge < -0.3 is 14.7 Å². The predicted molar refractivity (Wildman–Crippen MR) is 101 cm³/mol. The molecule has 5 nitrogen and oxygen atoms in total. The largest absolute Gasteiger partial charge is 0.491 e. The van der Waals surface area contributed by atoms with Gasteiger partial charge in [-0.2, -0.15) is 0 Å². The van der Waals surface area contributed by atoms with Gasteiger partial charge in [-0.1, -0.05) is 19.1 Å². The SMILES string of the molecule is CCN(Cc1ccc(OC[C@@H](O)CN2CCN(C)CC2)cc1)C1CC1. The van der Waals surface area contributed by atoms with E-state index < -0.39 is 6.10 Å². The first kappa shape index (κ1) is 18.6. The number of hydrogen-bond donors (Lipinski definition) is 1. The molecule has 25 heavy (non-hydrogen) atoms. The minimum Gasteiger partial charge on any atom is -0.491 e. The number of nitrogens with zero attached hydrogens (tertiary/aromatic N) is 3. The average molecular weight is 348 g/mol. The molecule has 1 aromatic rings. The average Bonchev–Trinajstić information content (AvgIpc) is 3.46. The van der Waals surface area contributed by atoms with Crippen LogP contribution >= 0.6 is 0 Å². The van der Waals surface area contributed by atoms with Crippen molar-refractivity contribution in [1.82, 2.24) is 14.7 Å². The molecule has 0 amide bonds. The third-order valence-electron chi connectivity index (χ3n) is 5.29. The zero-order valence-electron chi connectivity index (χ0n) is 15.7. The van der Waals surface area contributed by atoms with Crippen molar-refractivity contribution in [3.8, 4) is 5.75 Å². The van der Waals surface area contributed by atoms with Crippen LogP contribution in [0, 0.1) is 0 Å². The van der Waals surface area contributed by atoms with E-state index in [2.05, 4.69) is 40.8 Å². The van der Waals surface area contributed by atoms with Gasteiger partial charge in [-0.3, -0.25) is 9.80 Å². The number of likely N-dealkylation sites (N-methyl/N-ethyl adjacent to an activating group) is 1. The highest BCUT2D eigenvalue weighted by Gasteiger charge is 2.27. The normalized spacial score (nSPS) is 20.8. The number of hydrogen-bond acceptors (Lipinski definition) is 5. The molecular formula is C20H33N3O2. The molecule has 0 aromatic heterocycles. The topological polar surface area (TPSA) is 39.2 Å². The number of benzene rings is 1. The number of rotatable bonds is 9. The molecule has 2 aliphatic rings. The highest BCUT2D eigenvalue weighted by atomic mass is 16.5. The van der Waals surface area contributed by atoms with Crippen molar-refractivity contribution >= 4 is 0 Å². The summed E-state index contributed by atoms with van der Waals surface area (Å²) < 4.78 is 5.78. The maximum Gasteiger partial charge on any atom is 0.119 e. The van der Waals surface area contributed by atoms with E-state index in [1.54, 1.807) is 0 Å². The van der Waals surface area contributed by atoms with Gasteiger partial charge >= 0.3 is 0 Å². The van der Waals surface area contributed by atoms with Crippen LogP contribution < -0.4 is 4.74 Å². The molecule has 0 spiro atoms. The maximum absolute atomic E-state index is 10.2. The minimum absolute atomic E-state index is 0.356. The lowest BCUT2D eigenvalue weighted by molar-refractivity contribution is 0.0505. The van der Waals surface area contributed by atoms with Crippen molar-refractivity contribution in [3.05, 3.63) is 29.8 Å². The van der Waals surface area contributed by atoms with E-state index in [0.717, 1.165) is 51.1 Å². The first-order chi connectivity index (χ1) is 12.1. The molecule has 140 valence electrons. The van der Waals surface area contributed by atoms with Crippen LogP contribution in [0.3, 0.4) is 0 Å². The van der Waals surface area contributed by atoms with E-state index in [0.29, 0.717) is 13.2 Å². The summed E-state index contributed by atoms with van der Waals surface area (Å²) in [5.74, 6) is 0.843. The Hall–Kier alpha value is -1.14. The molecule has 0 unspecified atom stereocenters. The second-order valence-corrected chi connectivity index (χ2v) is 7.51. The molecule has 1 heterocycles. The number of ether oxygens (including phenoxy) is 1. The quantitative estimate of drug-likeness (QED) is 0.736. The van der Waals surface area contributed by atoms with Crippen LogP contribution in [0.25, 0.3) is 0 Å². The van der Waals surface area contributed by atoms with Crippen LogP contribution in [0.5, 0.6) is 5.75 Å². The summed E-state index contributed by atoms with van der Waals surface area (Å²) in [4.78, 5) is 7.17. The van der Waals surface area contributed by atoms with Gasteiger partial charge in [0.05, 0.1) is 0 Å². The number of aliphatic hydroxyl groups is 1. The summed E-state index contributed by atoms with van der Waals surface area (Å²) in [6.45, 7) is 9.61. The first-order valence-corrected chi connectivity index (χ1v) is 9.69. The van der Waals surface area contributed by atoms with Crippen LogP contribution in [-0.4, -0.2) is 84.9 Å². The summed E-state index contributed by atoms with van der Waals surface area (Å²) in [5.41, 5.74) is 1.33.